The van der Waals surface area contributed by atoms with Crippen molar-refractivity contribution >= 4 is 16.9 Å². The van der Waals surface area contributed by atoms with Crippen molar-refractivity contribution in [2.24, 2.45) is 0 Å². The average molecular weight is 321 g/mol. The fourth-order valence-corrected chi connectivity index (χ4v) is 3.01. The van der Waals surface area contributed by atoms with Crippen LogP contribution in [0.25, 0.3) is 11.0 Å². The summed E-state index contributed by atoms with van der Waals surface area (Å²) in [6.07, 6.45) is 0.873. The molecule has 0 unspecified atom stereocenters. The third-order valence-corrected chi connectivity index (χ3v) is 4.54. The van der Waals surface area contributed by atoms with Gasteiger partial charge in [-0.3, -0.25) is 4.79 Å². The molecule has 24 heavy (non-hydrogen) atoms. The summed E-state index contributed by atoms with van der Waals surface area (Å²) in [5.41, 5.74) is 5.12. The van der Waals surface area contributed by atoms with E-state index < -0.39 is 0 Å². The van der Waals surface area contributed by atoms with Crippen molar-refractivity contribution in [2.45, 2.75) is 33.7 Å². The highest BCUT2D eigenvalue weighted by Gasteiger charge is 2.10. The Morgan fingerprint density at radius 1 is 1.08 bits per heavy atom. The van der Waals surface area contributed by atoms with Gasteiger partial charge in [0, 0.05) is 18.7 Å². The summed E-state index contributed by atoms with van der Waals surface area (Å²) in [5, 5.41) is 3.02. The van der Waals surface area contributed by atoms with Crippen molar-refractivity contribution < 1.29 is 4.79 Å². The molecule has 0 aliphatic carbocycles. The van der Waals surface area contributed by atoms with Crippen molar-refractivity contribution in [1.29, 1.82) is 0 Å². The van der Waals surface area contributed by atoms with Crippen LogP contribution in [0.3, 0.4) is 0 Å². The number of nitrogens with zero attached hydrogens (tertiary/aromatic N) is 2. The molecule has 0 atom stereocenters. The molecule has 3 aromatic rings. The first-order valence-corrected chi connectivity index (χ1v) is 8.34. The number of aryl methyl sites for hydroxylation is 3. The summed E-state index contributed by atoms with van der Waals surface area (Å²) in [7, 11) is 0. The molecular formula is C20H23N3O. The number of fused-ring (bicyclic) bond motifs is 1. The minimum atomic E-state index is 0.00316. The van der Waals surface area contributed by atoms with Gasteiger partial charge >= 0.3 is 0 Å². The molecule has 4 nitrogen and oxygen atoms in total. The number of imidazole rings is 1. The maximum Gasteiger partial charge on any atom is 0.251 e. The van der Waals surface area contributed by atoms with Crippen LogP contribution in [0, 0.1) is 20.8 Å². The second-order valence-corrected chi connectivity index (χ2v) is 6.16. The monoisotopic (exact) mass is 321 g/mol. The van der Waals surface area contributed by atoms with Gasteiger partial charge in [-0.25, -0.2) is 4.98 Å². The van der Waals surface area contributed by atoms with Crippen molar-refractivity contribution in [1.82, 2.24) is 14.9 Å². The van der Waals surface area contributed by atoms with Crippen LogP contribution in [-0.4, -0.2) is 22.0 Å². The number of amides is 1. The molecule has 1 amide bonds. The number of carbonyl (C=O) groups excluding carboxylic acids is 1. The Balaban J connectivity index is 1.60. The molecule has 0 radical (unpaired) electrons. The molecule has 0 fully saturated rings. The van der Waals surface area contributed by atoms with Crippen molar-refractivity contribution in [3.05, 3.63) is 65.0 Å². The average Bonchev–Trinajstić information content (AvgIpc) is 2.89. The van der Waals surface area contributed by atoms with Crippen LogP contribution in [-0.2, 0) is 6.54 Å². The maximum atomic E-state index is 12.3. The van der Waals surface area contributed by atoms with Crippen LogP contribution in [0.15, 0.2) is 42.5 Å². The molecule has 2 aromatic carbocycles. The second kappa shape index (κ2) is 6.87. The number of rotatable bonds is 5. The number of hydrogen-bond donors (Lipinski definition) is 1. The van der Waals surface area contributed by atoms with E-state index in [-0.39, 0.29) is 5.91 Å². The van der Waals surface area contributed by atoms with Crippen molar-refractivity contribution in [3.8, 4) is 0 Å². The van der Waals surface area contributed by atoms with Gasteiger partial charge < -0.3 is 9.88 Å². The second-order valence-electron chi connectivity index (χ2n) is 6.16. The molecule has 0 spiro atoms. The third kappa shape index (κ3) is 3.18. The first-order valence-electron chi connectivity index (χ1n) is 8.34. The van der Waals surface area contributed by atoms with Gasteiger partial charge in [-0.1, -0.05) is 24.3 Å². The standard InChI is InChI=1S/C20H23N3O/c1-14-8-6-9-17(15(14)2)20(24)21-12-7-13-23-16(3)22-18-10-4-5-11-19(18)23/h4-6,8-11H,7,12-13H2,1-3H3,(H,21,24). The number of carbonyl (C=O) groups is 1. The van der Waals surface area contributed by atoms with Gasteiger partial charge in [0.25, 0.3) is 5.91 Å². The summed E-state index contributed by atoms with van der Waals surface area (Å²) < 4.78 is 2.21. The van der Waals surface area contributed by atoms with Gasteiger partial charge in [0.15, 0.2) is 0 Å². The normalized spacial score (nSPS) is 11.0. The van der Waals surface area contributed by atoms with E-state index in [1.807, 2.05) is 57.2 Å². The van der Waals surface area contributed by atoms with Crippen LogP contribution in [0.5, 0.6) is 0 Å². The number of para-hydroxylation sites is 2. The van der Waals surface area contributed by atoms with Gasteiger partial charge in [-0.15, -0.1) is 0 Å². The van der Waals surface area contributed by atoms with E-state index in [4.69, 9.17) is 0 Å². The van der Waals surface area contributed by atoms with E-state index in [0.717, 1.165) is 46.5 Å². The number of benzene rings is 2. The molecule has 0 bridgehead atoms. The first kappa shape index (κ1) is 16.2. The minimum Gasteiger partial charge on any atom is -0.352 e. The van der Waals surface area contributed by atoms with Crippen molar-refractivity contribution in [3.63, 3.8) is 0 Å². The Labute approximate surface area is 142 Å². The first-order chi connectivity index (χ1) is 11.6. The Kier molecular flexibility index (Phi) is 4.65. The fourth-order valence-electron chi connectivity index (χ4n) is 3.01. The number of nitrogens with one attached hydrogen (secondary N) is 1. The van der Waals surface area contributed by atoms with Gasteiger partial charge in [-0.2, -0.15) is 0 Å². The van der Waals surface area contributed by atoms with Crippen LogP contribution >= 0.6 is 0 Å². The molecule has 1 aromatic heterocycles. The molecule has 1 heterocycles. The lowest BCUT2D eigenvalue weighted by molar-refractivity contribution is 0.0952. The highest BCUT2D eigenvalue weighted by atomic mass is 16.1. The highest BCUT2D eigenvalue weighted by molar-refractivity contribution is 5.95. The number of aromatic nitrogens is 2. The SMILES string of the molecule is Cc1cccc(C(=O)NCCCn2c(C)nc3ccccc32)c1C. The van der Waals surface area contributed by atoms with Gasteiger partial charge in [-0.05, 0) is 56.5 Å². The zero-order valence-electron chi connectivity index (χ0n) is 14.5. The van der Waals surface area contributed by atoms with Crippen LogP contribution in [0.4, 0.5) is 0 Å². The van der Waals surface area contributed by atoms with Gasteiger partial charge in [0.2, 0.25) is 0 Å². The zero-order chi connectivity index (χ0) is 17.1. The lowest BCUT2D eigenvalue weighted by atomic mass is 10.0. The van der Waals surface area contributed by atoms with Crippen LogP contribution < -0.4 is 5.32 Å². The molecule has 0 saturated carbocycles. The molecule has 1 N–H and O–H groups in total. The smallest absolute Gasteiger partial charge is 0.251 e. The molecule has 0 aliphatic heterocycles. The van der Waals surface area contributed by atoms with Crippen LogP contribution in [0.2, 0.25) is 0 Å². The predicted molar refractivity (Wildman–Crippen MR) is 97.3 cm³/mol. The zero-order valence-corrected chi connectivity index (χ0v) is 14.5. The van der Waals surface area contributed by atoms with E-state index in [0.29, 0.717) is 6.54 Å². The fraction of sp³-hybridized carbons (Fsp3) is 0.300. The predicted octanol–water partition coefficient (Wildman–Crippen LogP) is 3.78. The lowest BCUT2D eigenvalue weighted by Gasteiger charge is -2.10. The van der Waals surface area contributed by atoms with Gasteiger partial charge in [0.1, 0.15) is 5.82 Å². The molecule has 0 saturated heterocycles. The van der Waals surface area contributed by atoms with E-state index in [2.05, 4.69) is 20.9 Å². The number of hydrogen-bond acceptors (Lipinski definition) is 2. The molecule has 3 rings (SSSR count). The molecule has 4 heteroatoms. The van der Waals surface area contributed by atoms with Gasteiger partial charge in [0.05, 0.1) is 11.0 Å². The third-order valence-electron chi connectivity index (χ3n) is 4.54. The quantitative estimate of drug-likeness (QED) is 0.727. The Morgan fingerprint density at radius 2 is 1.88 bits per heavy atom. The Bertz CT molecular complexity index is 880. The van der Waals surface area contributed by atoms with Crippen molar-refractivity contribution in [2.75, 3.05) is 6.54 Å². The maximum absolute atomic E-state index is 12.3. The summed E-state index contributed by atoms with van der Waals surface area (Å²) in [6.45, 7) is 7.54. The summed E-state index contributed by atoms with van der Waals surface area (Å²) in [4.78, 5) is 16.9. The largest absolute Gasteiger partial charge is 0.352 e. The topological polar surface area (TPSA) is 46.9 Å². The lowest BCUT2D eigenvalue weighted by Crippen LogP contribution is -2.26. The van der Waals surface area contributed by atoms with E-state index >= 15 is 0 Å². The summed E-state index contributed by atoms with van der Waals surface area (Å²) >= 11 is 0. The molecule has 0 aliphatic rings. The summed E-state index contributed by atoms with van der Waals surface area (Å²) in [5.74, 6) is 1.01. The Hall–Kier alpha value is -2.62. The highest BCUT2D eigenvalue weighted by Crippen LogP contribution is 2.16. The Morgan fingerprint density at radius 3 is 2.71 bits per heavy atom. The molecule has 124 valence electrons. The summed E-state index contributed by atoms with van der Waals surface area (Å²) in [6, 6.07) is 14.0. The van der Waals surface area contributed by atoms with Crippen LogP contribution in [0.1, 0.15) is 33.7 Å². The van der Waals surface area contributed by atoms with E-state index in [9.17, 15) is 4.79 Å². The van der Waals surface area contributed by atoms with E-state index in [1.54, 1.807) is 0 Å². The minimum absolute atomic E-state index is 0.00316. The van der Waals surface area contributed by atoms with E-state index in [1.165, 1.54) is 0 Å². The molecular weight excluding hydrogens is 298 g/mol.